The third-order valence-electron chi connectivity index (χ3n) is 3.50. The van der Waals surface area contributed by atoms with E-state index < -0.39 is 0 Å². The van der Waals surface area contributed by atoms with Gasteiger partial charge in [-0.25, -0.2) is 4.79 Å². The predicted molar refractivity (Wildman–Crippen MR) is 91.8 cm³/mol. The van der Waals surface area contributed by atoms with Crippen LogP contribution in [0.25, 0.3) is 0 Å². The number of amides is 2. The third kappa shape index (κ3) is 3.96. The van der Waals surface area contributed by atoms with Crippen LogP contribution >= 0.6 is 11.3 Å². The van der Waals surface area contributed by atoms with Crippen molar-refractivity contribution >= 4 is 23.1 Å². The van der Waals surface area contributed by atoms with E-state index in [0.717, 1.165) is 6.42 Å². The molecule has 2 aromatic rings. The standard InChI is InChI=1S/C17H20N2O3S/c1-11(10-13-7-6-12(2)23-13)18-17(20)19-14-4-3-5-15-16(14)22-9-8-21-15/h3-7,11H,8-10H2,1-2H3,(H2,18,19,20)/t11-/m0/s1. The average molecular weight is 332 g/mol. The van der Waals surface area contributed by atoms with Crippen LogP contribution in [0.4, 0.5) is 10.5 Å². The lowest BCUT2D eigenvalue weighted by Crippen LogP contribution is -2.37. The summed E-state index contributed by atoms with van der Waals surface area (Å²) in [7, 11) is 0. The lowest BCUT2D eigenvalue weighted by Gasteiger charge is -2.21. The normalized spacial score (nSPS) is 14.2. The molecule has 0 aliphatic carbocycles. The molecule has 0 spiro atoms. The number of rotatable bonds is 4. The van der Waals surface area contributed by atoms with Gasteiger partial charge in [0.1, 0.15) is 13.2 Å². The maximum Gasteiger partial charge on any atom is 0.319 e. The molecule has 0 bridgehead atoms. The molecule has 0 unspecified atom stereocenters. The van der Waals surface area contributed by atoms with E-state index in [1.54, 1.807) is 17.4 Å². The first-order chi connectivity index (χ1) is 11.1. The maximum absolute atomic E-state index is 12.2. The Labute approximate surface area is 139 Å². The quantitative estimate of drug-likeness (QED) is 0.900. The van der Waals surface area contributed by atoms with Crippen LogP contribution < -0.4 is 20.1 Å². The van der Waals surface area contributed by atoms with Crippen LogP contribution in [0, 0.1) is 6.92 Å². The number of hydrogen-bond acceptors (Lipinski definition) is 4. The second-order valence-corrected chi connectivity index (χ2v) is 6.92. The van der Waals surface area contributed by atoms with E-state index in [1.807, 2.05) is 19.1 Å². The first-order valence-electron chi connectivity index (χ1n) is 7.63. The fraction of sp³-hybridized carbons (Fsp3) is 0.353. The zero-order valence-electron chi connectivity index (χ0n) is 13.2. The Morgan fingerprint density at radius 2 is 2.09 bits per heavy atom. The number of ether oxygens (including phenoxy) is 2. The van der Waals surface area contributed by atoms with Gasteiger partial charge < -0.3 is 20.1 Å². The van der Waals surface area contributed by atoms with Gasteiger partial charge in [-0.1, -0.05) is 6.07 Å². The van der Waals surface area contributed by atoms with Gasteiger partial charge in [-0.2, -0.15) is 0 Å². The van der Waals surface area contributed by atoms with Gasteiger partial charge in [0.15, 0.2) is 11.5 Å². The first kappa shape index (κ1) is 15.7. The molecule has 1 aliphatic heterocycles. The molecular formula is C17H20N2O3S. The monoisotopic (exact) mass is 332 g/mol. The molecule has 1 atom stereocenters. The van der Waals surface area contributed by atoms with Gasteiger partial charge in [0.2, 0.25) is 0 Å². The molecule has 23 heavy (non-hydrogen) atoms. The van der Waals surface area contributed by atoms with Gasteiger partial charge in [0.05, 0.1) is 5.69 Å². The average Bonchev–Trinajstić information content (AvgIpc) is 2.92. The van der Waals surface area contributed by atoms with Crippen LogP contribution in [-0.4, -0.2) is 25.3 Å². The smallest absolute Gasteiger partial charge is 0.319 e. The Morgan fingerprint density at radius 3 is 2.87 bits per heavy atom. The number of carbonyl (C=O) groups is 1. The highest BCUT2D eigenvalue weighted by atomic mass is 32.1. The molecule has 0 radical (unpaired) electrons. The van der Waals surface area contributed by atoms with Crippen molar-refractivity contribution in [2.24, 2.45) is 0 Å². The van der Waals surface area contributed by atoms with Gasteiger partial charge in [-0.3, -0.25) is 0 Å². The van der Waals surface area contributed by atoms with Crippen molar-refractivity contribution in [1.29, 1.82) is 0 Å². The summed E-state index contributed by atoms with van der Waals surface area (Å²) < 4.78 is 11.1. The Balaban J connectivity index is 1.59. The largest absolute Gasteiger partial charge is 0.486 e. The number of anilines is 1. The van der Waals surface area contributed by atoms with E-state index in [1.165, 1.54) is 9.75 Å². The fourth-order valence-corrected chi connectivity index (χ4v) is 3.52. The number of carbonyl (C=O) groups excluding carboxylic acids is 1. The van der Waals surface area contributed by atoms with E-state index in [4.69, 9.17) is 9.47 Å². The van der Waals surface area contributed by atoms with E-state index in [2.05, 4.69) is 29.7 Å². The highest BCUT2D eigenvalue weighted by Gasteiger charge is 2.17. The summed E-state index contributed by atoms with van der Waals surface area (Å²) in [6, 6.07) is 9.48. The molecule has 1 aliphatic rings. The molecule has 0 saturated heterocycles. The molecule has 0 fully saturated rings. The topological polar surface area (TPSA) is 59.6 Å². The molecule has 2 heterocycles. The van der Waals surface area contributed by atoms with Crippen LogP contribution in [0.5, 0.6) is 11.5 Å². The van der Waals surface area contributed by atoms with Gasteiger partial charge in [0, 0.05) is 22.2 Å². The molecular weight excluding hydrogens is 312 g/mol. The van der Waals surface area contributed by atoms with Crippen molar-refractivity contribution in [3.8, 4) is 11.5 Å². The second-order valence-electron chi connectivity index (χ2n) is 5.55. The van der Waals surface area contributed by atoms with Crippen molar-refractivity contribution < 1.29 is 14.3 Å². The van der Waals surface area contributed by atoms with Crippen LogP contribution in [0.1, 0.15) is 16.7 Å². The van der Waals surface area contributed by atoms with Crippen LogP contribution in [0.2, 0.25) is 0 Å². The van der Waals surface area contributed by atoms with Crippen molar-refractivity contribution in [3.05, 3.63) is 40.1 Å². The maximum atomic E-state index is 12.2. The molecule has 2 amide bonds. The molecule has 1 aromatic carbocycles. The Hall–Kier alpha value is -2.21. The van der Waals surface area contributed by atoms with Crippen molar-refractivity contribution in [2.45, 2.75) is 26.3 Å². The van der Waals surface area contributed by atoms with E-state index in [0.29, 0.717) is 30.4 Å². The van der Waals surface area contributed by atoms with Crippen LogP contribution in [0.15, 0.2) is 30.3 Å². The molecule has 5 nitrogen and oxygen atoms in total. The molecule has 6 heteroatoms. The molecule has 3 rings (SSSR count). The summed E-state index contributed by atoms with van der Waals surface area (Å²) in [6.45, 7) is 5.09. The van der Waals surface area contributed by atoms with E-state index >= 15 is 0 Å². The molecule has 0 saturated carbocycles. The van der Waals surface area contributed by atoms with Crippen LogP contribution in [-0.2, 0) is 6.42 Å². The number of para-hydroxylation sites is 1. The summed E-state index contributed by atoms with van der Waals surface area (Å²) >= 11 is 1.76. The second kappa shape index (κ2) is 6.91. The number of fused-ring (bicyclic) bond motifs is 1. The number of nitrogens with one attached hydrogen (secondary N) is 2. The van der Waals surface area contributed by atoms with Crippen molar-refractivity contribution in [1.82, 2.24) is 5.32 Å². The predicted octanol–water partition coefficient (Wildman–Crippen LogP) is 3.58. The van der Waals surface area contributed by atoms with Gasteiger partial charge >= 0.3 is 6.03 Å². The number of urea groups is 1. The highest BCUT2D eigenvalue weighted by Crippen LogP contribution is 2.37. The number of hydrogen-bond donors (Lipinski definition) is 2. The zero-order valence-corrected chi connectivity index (χ0v) is 14.0. The van der Waals surface area contributed by atoms with E-state index in [9.17, 15) is 4.79 Å². The minimum atomic E-state index is -0.242. The summed E-state index contributed by atoms with van der Waals surface area (Å²) in [5.74, 6) is 1.26. The minimum absolute atomic E-state index is 0.0461. The lowest BCUT2D eigenvalue weighted by atomic mass is 10.2. The first-order valence-corrected chi connectivity index (χ1v) is 8.45. The van der Waals surface area contributed by atoms with Gasteiger partial charge in [-0.05, 0) is 38.1 Å². The zero-order chi connectivity index (χ0) is 16.2. The summed E-state index contributed by atoms with van der Waals surface area (Å²) in [4.78, 5) is 14.7. The molecule has 2 N–H and O–H groups in total. The Bertz CT molecular complexity index is 699. The minimum Gasteiger partial charge on any atom is -0.486 e. The third-order valence-corrected chi connectivity index (χ3v) is 4.52. The summed E-state index contributed by atoms with van der Waals surface area (Å²) in [6.07, 6.45) is 0.818. The fourth-order valence-electron chi connectivity index (χ4n) is 2.50. The number of aryl methyl sites for hydroxylation is 1. The Kier molecular flexibility index (Phi) is 4.71. The summed E-state index contributed by atoms with van der Waals surface area (Å²) in [5.41, 5.74) is 0.624. The highest BCUT2D eigenvalue weighted by molar-refractivity contribution is 7.11. The van der Waals surface area contributed by atoms with Crippen LogP contribution in [0.3, 0.4) is 0 Å². The SMILES string of the molecule is Cc1ccc(C[C@H](C)NC(=O)Nc2cccc3c2OCCO3)s1. The number of thiophene rings is 1. The van der Waals surface area contributed by atoms with E-state index in [-0.39, 0.29) is 12.1 Å². The summed E-state index contributed by atoms with van der Waals surface area (Å²) in [5, 5.41) is 5.79. The molecule has 1 aromatic heterocycles. The number of benzene rings is 1. The van der Waals surface area contributed by atoms with Gasteiger partial charge in [0.25, 0.3) is 0 Å². The van der Waals surface area contributed by atoms with Crippen molar-refractivity contribution in [3.63, 3.8) is 0 Å². The lowest BCUT2D eigenvalue weighted by molar-refractivity contribution is 0.172. The Morgan fingerprint density at radius 1 is 1.26 bits per heavy atom. The van der Waals surface area contributed by atoms with Crippen molar-refractivity contribution in [2.75, 3.05) is 18.5 Å². The molecule has 122 valence electrons. The van der Waals surface area contributed by atoms with Gasteiger partial charge in [-0.15, -0.1) is 11.3 Å².